The molecule has 0 fully saturated rings. The first-order chi connectivity index (χ1) is 7.33. The Bertz CT molecular complexity index is 454. The lowest BCUT2D eigenvalue weighted by Gasteiger charge is -2.03. The molecule has 80 valence electrons. The molecule has 0 aromatic carbocycles. The van der Waals surface area contributed by atoms with Gasteiger partial charge in [-0.1, -0.05) is 0 Å². The van der Waals surface area contributed by atoms with E-state index in [1.165, 1.54) is 6.33 Å². The third-order valence-electron chi connectivity index (χ3n) is 2.05. The summed E-state index contributed by atoms with van der Waals surface area (Å²) in [6.07, 6.45) is 3.16. The normalized spacial score (nSPS) is 11.1. The first-order valence-electron chi connectivity index (χ1n) is 4.64. The molecule has 2 rings (SSSR count). The SMILES string of the molecule is Cc1ncnc2c1ncn2COCCO. The molecule has 6 heteroatoms. The number of fused-ring (bicyclic) bond motifs is 1. The maximum atomic E-state index is 8.58. The molecule has 1 N–H and O–H groups in total. The molecular weight excluding hydrogens is 196 g/mol. The van der Waals surface area contributed by atoms with Crippen molar-refractivity contribution in [1.82, 2.24) is 19.5 Å². The van der Waals surface area contributed by atoms with Gasteiger partial charge in [0.25, 0.3) is 0 Å². The molecule has 0 radical (unpaired) electrons. The summed E-state index contributed by atoms with van der Waals surface area (Å²) in [4.78, 5) is 12.4. The van der Waals surface area contributed by atoms with Crippen LogP contribution in [0.2, 0.25) is 0 Å². The predicted molar refractivity (Wildman–Crippen MR) is 53.1 cm³/mol. The minimum atomic E-state index is 0.0145. The van der Waals surface area contributed by atoms with Crippen LogP contribution in [-0.2, 0) is 11.5 Å². The molecule has 2 heterocycles. The van der Waals surface area contributed by atoms with Gasteiger partial charge in [0.05, 0.1) is 25.2 Å². The van der Waals surface area contributed by atoms with Crippen molar-refractivity contribution < 1.29 is 9.84 Å². The van der Waals surface area contributed by atoms with E-state index in [0.717, 1.165) is 16.9 Å². The van der Waals surface area contributed by atoms with E-state index in [9.17, 15) is 0 Å². The Morgan fingerprint density at radius 3 is 3.07 bits per heavy atom. The van der Waals surface area contributed by atoms with Crippen molar-refractivity contribution in [2.75, 3.05) is 13.2 Å². The summed E-state index contributed by atoms with van der Waals surface area (Å²) in [5, 5.41) is 8.58. The van der Waals surface area contributed by atoms with Crippen LogP contribution in [0.1, 0.15) is 5.69 Å². The highest BCUT2D eigenvalue weighted by atomic mass is 16.5. The van der Waals surface area contributed by atoms with Crippen LogP contribution in [-0.4, -0.2) is 37.8 Å². The van der Waals surface area contributed by atoms with E-state index >= 15 is 0 Å². The Morgan fingerprint density at radius 2 is 2.27 bits per heavy atom. The average molecular weight is 208 g/mol. The zero-order valence-electron chi connectivity index (χ0n) is 8.42. The molecule has 0 spiro atoms. The zero-order valence-corrected chi connectivity index (χ0v) is 8.42. The van der Waals surface area contributed by atoms with Crippen LogP contribution in [0, 0.1) is 6.92 Å². The van der Waals surface area contributed by atoms with Gasteiger partial charge < -0.3 is 9.84 Å². The summed E-state index contributed by atoms with van der Waals surface area (Å²) >= 11 is 0. The highest BCUT2D eigenvalue weighted by Crippen LogP contribution is 2.11. The van der Waals surface area contributed by atoms with E-state index in [4.69, 9.17) is 9.84 Å². The first-order valence-corrected chi connectivity index (χ1v) is 4.64. The van der Waals surface area contributed by atoms with E-state index < -0.39 is 0 Å². The molecule has 0 aliphatic carbocycles. The van der Waals surface area contributed by atoms with E-state index in [0.29, 0.717) is 13.3 Å². The summed E-state index contributed by atoms with van der Waals surface area (Å²) in [6, 6.07) is 0. The van der Waals surface area contributed by atoms with Gasteiger partial charge in [-0.3, -0.25) is 4.57 Å². The maximum Gasteiger partial charge on any atom is 0.165 e. The second kappa shape index (κ2) is 4.33. The van der Waals surface area contributed by atoms with Gasteiger partial charge in [-0.15, -0.1) is 0 Å². The van der Waals surface area contributed by atoms with Gasteiger partial charge in [-0.25, -0.2) is 15.0 Å². The van der Waals surface area contributed by atoms with E-state index in [1.54, 1.807) is 10.9 Å². The van der Waals surface area contributed by atoms with Crippen LogP contribution in [0.25, 0.3) is 11.2 Å². The van der Waals surface area contributed by atoms with Gasteiger partial charge in [0, 0.05) is 0 Å². The molecule has 0 amide bonds. The number of imidazole rings is 1. The van der Waals surface area contributed by atoms with Crippen LogP contribution in [0.3, 0.4) is 0 Å². The monoisotopic (exact) mass is 208 g/mol. The smallest absolute Gasteiger partial charge is 0.165 e. The average Bonchev–Trinajstić information content (AvgIpc) is 2.64. The molecule has 0 saturated carbocycles. The molecular formula is C9H12N4O2. The largest absolute Gasteiger partial charge is 0.394 e. The molecule has 0 atom stereocenters. The highest BCUT2D eigenvalue weighted by Gasteiger charge is 2.06. The molecule has 2 aromatic rings. The van der Waals surface area contributed by atoms with Crippen LogP contribution in [0.5, 0.6) is 0 Å². The second-order valence-electron chi connectivity index (χ2n) is 3.11. The predicted octanol–water partition coefficient (Wildman–Crippen LogP) is 0.101. The topological polar surface area (TPSA) is 73.1 Å². The lowest BCUT2D eigenvalue weighted by Crippen LogP contribution is -2.05. The van der Waals surface area contributed by atoms with Crippen molar-refractivity contribution in [3.63, 3.8) is 0 Å². The number of hydrogen-bond acceptors (Lipinski definition) is 5. The molecule has 6 nitrogen and oxygen atoms in total. The van der Waals surface area contributed by atoms with Gasteiger partial charge in [-0.05, 0) is 6.92 Å². The minimum absolute atomic E-state index is 0.0145. The number of nitrogens with zero attached hydrogens (tertiary/aromatic N) is 4. The third-order valence-corrected chi connectivity index (χ3v) is 2.05. The minimum Gasteiger partial charge on any atom is -0.394 e. The van der Waals surface area contributed by atoms with Crippen molar-refractivity contribution in [2.45, 2.75) is 13.7 Å². The fraction of sp³-hybridized carbons (Fsp3) is 0.444. The van der Waals surface area contributed by atoms with Gasteiger partial charge in [0.15, 0.2) is 5.65 Å². The lowest BCUT2D eigenvalue weighted by atomic mass is 10.4. The number of aliphatic hydroxyl groups excluding tert-OH is 1. The number of aliphatic hydroxyl groups is 1. The van der Waals surface area contributed by atoms with Crippen molar-refractivity contribution in [2.24, 2.45) is 0 Å². The number of aryl methyl sites for hydroxylation is 1. The van der Waals surface area contributed by atoms with Crippen molar-refractivity contribution in [3.05, 3.63) is 18.3 Å². The molecule has 0 aliphatic rings. The molecule has 0 saturated heterocycles. The maximum absolute atomic E-state index is 8.58. The van der Waals surface area contributed by atoms with Crippen LogP contribution >= 0.6 is 0 Å². The van der Waals surface area contributed by atoms with E-state index in [-0.39, 0.29) is 6.61 Å². The first kappa shape index (κ1) is 10.0. The number of ether oxygens (including phenoxy) is 1. The van der Waals surface area contributed by atoms with E-state index in [2.05, 4.69) is 15.0 Å². The van der Waals surface area contributed by atoms with Gasteiger partial charge in [0.1, 0.15) is 18.6 Å². The Balaban J connectivity index is 2.25. The fourth-order valence-corrected chi connectivity index (χ4v) is 1.32. The lowest BCUT2D eigenvalue weighted by molar-refractivity contribution is 0.0499. The van der Waals surface area contributed by atoms with Crippen LogP contribution < -0.4 is 0 Å². The quantitative estimate of drug-likeness (QED) is 0.721. The van der Waals surface area contributed by atoms with Crippen LogP contribution in [0.15, 0.2) is 12.7 Å². The number of hydrogen-bond donors (Lipinski definition) is 1. The summed E-state index contributed by atoms with van der Waals surface area (Å²) in [6.45, 7) is 2.55. The van der Waals surface area contributed by atoms with Gasteiger partial charge >= 0.3 is 0 Å². The molecule has 15 heavy (non-hydrogen) atoms. The Hall–Kier alpha value is -1.53. The van der Waals surface area contributed by atoms with Crippen molar-refractivity contribution in [3.8, 4) is 0 Å². The molecule has 0 aliphatic heterocycles. The highest BCUT2D eigenvalue weighted by molar-refractivity contribution is 5.72. The third kappa shape index (κ3) is 1.95. The van der Waals surface area contributed by atoms with Crippen molar-refractivity contribution >= 4 is 11.2 Å². The number of rotatable bonds is 4. The Kier molecular flexibility index (Phi) is 2.89. The number of aromatic nitrogens is 4. The second-order valence-corrected chi connectivity index (χ2v) is 3.11. The van der Waals surface area contributed by atoms with Crippen molar-refractivity contribution in [1.29, 1.82) is 0 Å². The summed E-state index contributed by atoms with van der Waals surface area (Å²) in [5.41, 5.74) is 2.38. The zero-order chi connectivity index (χ0) is 10.7. The summed E-state index contributed by atoms with van der Waals surface area (Å²) in [5.74, 6) is 0. The van der Waals surface area contributed by atoms with E-state index in [1.807, 2.05) is 6.92 Å². The van der Waals surface area contributed by atoms with Gasteiger partial charge in [-0.2, -0.15) is 0 Å². The summed E-state index contributed by atoms with van der Waals surface area (Å²) in [7, 11) is 0. The van der Waals surface area contributed by atoms with Gasteiger partial charge in [0.2, 0.25) is 0 Å². The Labute approximate surface area is 86.6 Å². The molecule has 0 unspecified atom stereocenters. The fourth-order valence-electron chi connectivity index (χ4n) is 1.32. The molecule has 2 aromatic heterocycles. The standard InChI is InChI=1S/C9H12N4O2/c1-7-8-9(11-4-10-7)13(5-12-8)6-15-3-2-14/h4-5,14H,2-3,6H2,1H3. The van der Waals surface area contributed by atoms with Crippen LogP contribution in [0.4, 0.5) is 0 Å². The summed E-state index contributed by atoms with van der Waals surface area (Å²) < 4.78 is 6.97. The Morgan fingerprint density at radius 1 is 1.40 bits per heavy atom. The molecule has 0 bridgehead atoms.